The summed E-state index contributed by atoms with van der Waals surface area (Å²) in [6.07, 6.45) is 16.8. The van der Waals surface area contributed by atoms with E-state index in [1.807, 2.05) is 32.9 Å². The molecule has 0 N–H and O–H groups in total. The minimum Gasteiger partial charge on any atom is -0.295 e. The molecule has 0 bridgehead atoms. The van der Waals surface area contributed by atoms with E-state index in [9.17, 15) is 4.79 Å². The largest absolute Gasteiger partial charge is 0.295 e. The fourth-order valence-electron chi connectivity index (χ4n) is 2.54. The van der Waals surface area contributed by atoms with Crippen molar-refractivity contribution in [1.82, 2.24) is 0 Å². The summed E-state index contributed by atoms with van der Waals surface area (Å²) in [4.78, 5) is 11.5. The Morgan fingerprint density at radius 2 is 1.52 bits per heavy atom. The lowest BCUT2D eigenvalue weighted by Gasteiger charge is -2.13. The third kappa shape index (κ3) is 17.3. The number of carbonyl (C=O) groups is 1. The molecular weight excluding hydrogens is 304 g/mol. The van der Waals surface area contributed by atoms with E-state index in [1.165, 1.54) is 38.5 Å². The quantitative estimate of drug-likeness (QED) is 0.248. The normalized spacial score (nSPS) is 14.5. The van der Waals surface area contributed by atoms with Gasteiger partial charge in [-0.3, -0.25) is 4.79 Å². The first-order valence-corrected chi connectivity index (χ1v) is 10.2. The molecule has 1 nitrogen and oxygen atoms in total. The van der Waals surface area contributed by atoms with Crippen LogP contribution < -0.4 is 0 Å². The summed E-state index contributed by atoms with van der Waals surface area (Å²) in [6, 6.07) is 0. The highest BCUT2D eigenvalue weighted by Gasteiger charge is 2.06. The van der Waals surface area contributed by atoms with Gasteiger partial charge >= 0.3 is 0 Å². The maximum absolute atomic E-state index is 11.5. The van der Waals surface area contributed by atoms with Crippen molar-refractivity contribution < 1.29 is 4.79 Å². The Labute approximate surface area is 158 Å². The van der Waals surface area contributed by atoms with Gasteiger partial charge in [0.1, 0.15) is 0 Å². The van der Waals surface area contributed by atoms with Gasteiger partial charge in [0.25, 0.3) is 0 Å². The molecule has 0 spiro atoms. The minimum atomic E-state index is 0.172. The van der Waals surface area contributed by atoms with Crippen LogP contribution >= 0.6 is 0 Å². The van der Waals surface area contributed by atoms with Crippen LogP contribution in [0.1, 0.15) is 92.4 Å². The number of carbonyl (C=O) groups excluding carboxylic acids is 1. The molecule has 144 valence electrons. The molecule has 0 aliphatic heterocycles. The molecule has 0 heterocycles. The summed E-state index contributed by atoms with van der Waals surface area (Å²) in [5.41, 5.74) is 3.84. The van der Waals surface area contributed by atoms with Crippen molar-refractivity contribution in [2.75, 3.05) is 0 Å². The molecule has 0 amide bonds. The Balaban J connectivity index is 0. The van der Waals surface area contributed by atoms with Crippen molar-refractivity contribution in [3.63, 3.8) is 0 Å². The highest BCUT2D eigenvalue weighted by molar-refractivity contribution is 5.89. The SMILES string of the molecule is C1CCCCC1.C=C=C(C)CCC(=O)/C=C\CC(C=C)C(C)C.CC. The van der Waals surface area contributed by atoms with Gasteiger partial charge in [0.05, 0.1) is 0 Å². The Kier molecular flexibility index (Phi) is 19.7. The molecule has 0 saturated heterocycles. The van der Waals surface area contributed by atoms with Crippen LogP contribution in [0.15, 0.2) is 42.7 Å². The number of hydrogen-bond donors (Lipinski definition) is 0. The molecule has 0 aromatic rings. The predicted molar refractivity (Wildman–Crippen MR) is 114 cm³/mol. The predicted octanol–water partition coefficient (Wildman–Crippen LogP) is 7.84. The first-order chi connectivity index (χ1) is 12.0. The van der Waals surface area contributed by atoms with E-state index in [1.54, 1.807) is 6.08 Å². The first-order valence-electron chi connectivity index (χ1n) is 10.2. The molecule has 1 rings (SSSR count). The van der Waals surface area contributed by atoms with E-state index < -0.39 is 0 Å². The number of rotatable bonds is 8. The second-order valence-corrected chi connectivity index (χ2v) is 6.83. The van der Waals surface area contributed by atoms with Gasteiger partial charge in [-0.25, -0.2) is 0 Å². The monoisotopic (exact) mass is 346 g/mol. The number of allylic oxidation sites excluding steroid dienone is 4. The van der Waals surface area contributed by atoms with Crippen molar-refractivity contribution in [2.24, 2.45) is 11.8 Å². The molecule has 0 radical (unpaired) electrons. The number of ketones is 1. The summed E-state index contributed by atoms with van der Waals surface area (Å²) in [5, 5.41) is 0. The van der Waals surface area contributed by atoms with Crippen molar-refractivity contribution in [1.29, 1.82) is 0 Å². The molecule has 1 fully saturated rings. The van der Waals surface area contributed by atoms with Crippen molar-refractivity contribution in [3.8, 4) is 0 Å². The summed E-state index contributed by atoms with van der Waals surface area (Å²) >= 11 is 0. The van der Waals surface area contributed by atoms with Crippen LogP contribution in [0.3, 0.4) is 0 Å². The third-order valence-corrected chi connectivity index (χ3v) is 4.42. The van der Waals surface area contributed by atoms with Crippen LogP contribution in [-0.4, -0.2) is 5.78 Å². The molecule has 1 aliphatic carbocycles. The molecule has 1 heteroatoms. The van der Waals surface area contributed by atoms with E-state index in [0.717, 1.165) is 18.4 Å². The van der Waals surface area contributed by atoms with Gasteiger partial charge in [-0.15, -0.1) is 12.3 Å². The van der Waals surface area contributed by atoms with Crippen LogP contribution in [0.5, 0.6) is 0 Å². The fourth-order valence-corrected chi connectivity index (χ4v) is 2.54. The van der Waals surface area contributed by atoms with Gasteiger partial charge in [0, 0.05) is 6.42 Å². The van der Waals surface area contributed by atoms with Gasteiger partial charge in [-0.05, 0) is 43.3 Å². The van der Waals surface area contributed by atoms with E-state index in [4.69, 9.17) is 0 Å². The van der Waals surface area contributed by atoms with Gasteiger partial charge < -0.3 is 0 Å². The molecule has 0 aromatic carbocycles. The molecular formula is C24H42O. The van der Waals surface area contributed by atoms with Crippen LogP contribution in [0.2, 0.25) is 0 Å². The smallest absolute Gasteiger partial charge is 0.155 e. The average molecular weight is 347 g/mol. The van der Waals surface area contributed by atoms with Crippen molar-refractivity contribution in [3.05, 3.63) is 42.7 Å². The lowest BCUT2D eigenvalue weighted by molar-refractivity contribution is -0.114. The standard InChI is InChI=1S/C16H24O.C6H12.C2H6/c1-6-14(5)11-12-16(17)10-8-9-15(7-2)13(3)4;1-2-4-6-5-3-1;1-2/h7-8,10,13,15H,1-2,9,11-12H2,3-5H3;1-6H2;1-2H3/b10-8-;;. The molecule has 1 aliphatic rings. The summed E-state index contributed by atoms with van der Waals surface area (Å²) in [7, 11) is 0. The Morgan fingerprint density at radius 3 is 1.88 bits per heavy atom. The van der Waals surface area contributed by atoms with Crippen LogP contribution in [-0.2, 0) is 4.79 Å². The Bertz CT molecular complexity index is 392. The van der Waals surface area contributed by atoms with Gasteiger partial charge in [-0.2, -0.15) is 0 Å². The molecule has 1 atom stereocenters. The molecule has 0 aromatic heterocycles. The van der Waals surface area contributed by atoms with E-state index in [2.05, 4.69) is 32.7 Å². The zero-order valence-corrected chi connectivity index (χ0v) is 17.6. The lowest BCUT2D eigenvalue weighted by atomic mass is 9.92. The third-order valence-electron chi connectivity index (χ3n) is 4.42. The van der Waals surface area contributed by atoms with E-state index >= 15 is 0 Å². The van der Waals surface area contributed by atoms with Crippen LogP contribution in [0.4, 0.5) is 0 Å². The molecule has 1 saturated carbocycles. The second-order valence-electron chi connectivity index (χ2n) is 6.83. The highest BCUT2D eigenvalue weighted by atomic mass is 16.1. The van der Waals surface area contributed by atoms with Crippen molar-refractivity contribution in [2.45, 2.75) is 92.4 Å². The topological polar surface area (TPSA) is 17.1 Å². The summed E-state index contributed by atoms with van der Waals surface area (Å²) in [5.74, 6) is 1.19. The van der Waals surface area contributed by atoms with E-state index in [-0.39, 0.29) is 5.78 Å². The lowest BCUT2D eigenvalue weighted by Crippen LogP contribution is -2.03. The van der Waals surface area contributed by atoms with Crippen LogP contribution in [0.25, 0.3) is 0 Å². The van der Waals surface area contributed by atoms with Crippen molar-refractivity contribution >= 4 is 5.78 Å². The summed E-state index contributed by atoms with van der Waals surface area (Å²) < 4.78 is 0. The molecule has 1 unspecified atom stereocenters. The zero-order chi connectivity index (χ0) is 19.5. The average Bonchev–Trinajstić information content (AvgIpc) is 2.66. The zero-order valence-electron chi connectivity index (χ0n) is 17.6. The first kappa shape index (κ1) is 25.9. The Hall–Kier alpha value is -1.33. The van der Waals surface area contributed by atoms with E-state index in [0.29, 0.717) is 18.3 Å². The fraction of sp³-hybridized carbons (Fsp3) is 0.667. The maximum atomic E-state index is 11.5. The van der Waals surface area contributed by atoms with Gasteiger partial charge in [-0.1, -0.05) is 85.0 Å². The minimum absolute atomic E-state index is 0.172. The highest BCUT2D eigenvalue weighted by Crippen LogP contribution is 2.16. The number of hydrogen-bond acceptors (Lipinski definition) is 1. The Morgan fingerprint density at radius 1 is 1.04 bits per heavy atom. The maximum Gasteiger partial charge on any atom is 0.155 e. The second kappa shape index (κ2) is 19.0. The summed E-state index contributed by atoms with van der Waals surface area (Å²) in [6.45, 7) is 17.6. The molecule has 25 heavy (non-hydrogen) atoms. The van der Waals surface area contributed by atoms with Crippen LogP contribution in [0, 0.1) is 11.8 Å². The van der Waals surface area contributed by atoms with Gasteiger partial charge in [0.15, 0.2) is 5.78 Å². The van der Waals surface area contributed by atoms with Gasteiger partial charge in [0.2, 0.25) is 0 Å².